The van der Waals surface area contributed by atoms with E-state index < -0.39 is 0 Å². The summed E-state index contributed by atoms with van der Waals surface area (Å²) in [6.45, 7) is 1.44. The second-order valence-corrected chi connectivity index (χ2v) is 4.94. The zero-order valence-electron chi connectivity index (χ0n) is 11.3. The van der Waals surface area contributed by atoms with Gasteiger partial charge in [0.25, 0.3) is 0 Å². The Morgan fingerprint density at radius 1 is 1.40 bits per heavy atom. The maximum absolute atomic E-state index is 11.8. The molecule has 1 N–H and O–H groups in total. The summed E-state index contributed by atoms with van der Waals surface area (Å²) in [5.41, 5.74) is 2.62. The molecule has 0 bridgehead atoms. The molecule has 6 heteroatoms. The van der Waals surface area contributed by atoms with Crippen molar-refractivity contribution in [2.45, 2.75) is 6.54 Å². The van der Waals surface area contributed by atoms with Crippen molar-refractivity contribution in [1.29, 1.82) is 0 Å². The molecule has 0 aliphatic heterocycles. The minimum Gasteiger partial charge on any atom is -0.492 e. The number of thiazole rings is 1. The third-order valence-electron chi connectivity index (χ3n) is 2.69. The van der Waals surface area contributed by atoms with E-state index in [-0.39, 0.29) is 6.03 Å². The highest BCUT2D eigenvalue weighted by atomic mass is 32.1. The quantitative estimate of drug-likeness (QED) is 0.889. The fourth-order valence-electron chi connectivity index (χ4n) is 1.54. The number of likely N-dealkylation sites (N-methyl/N-ethyl adjacent to an activating group) is 1. The second-order valence-electron chi connectivity index (χ2n) is 4.22. The summed E-state index contributed by atoms with van der Waals surface area (Å²) in [5.74, 6) is 0.809. The van der Waals surface area contributed by atoms with Crippen LogP contribution in [0.4, 0.5) is 4.79 Å². The van der Waals surface area contributed by atoms with Crippen LogP contribution in [0.1, 0.15) is 5.69 Å². The number of urea groups is 1. The van der Waals surface area contributed by atoms with Gasteiger partial charge in [0.1, 0.15) is 12.4 Å². The van der Waals surface area contributed by atoms with Crippen LogP contribution in [0, 0.1) is 0 Å². The van der Waals surface area contributed by atoms with Gasteiger partial charge in [-0.25, -0.2) is 9.78 Å². The Hall–Kier alpha value is -2.08. The van der Waals surface area contributed by atoms with Crippen LogP contribution < -0.4 is 10.1 Å². The summed E-state index contributed by atoms with van der Waals surface area (Å²) in [4.78, 5) is 17.5. The molecule has 20 heavy (non-hydrogen) atoms. The summed E-state index contributed by atoms with van der Waals surface area (Å²) in [7, 11) is 1.74. The number of rotatable bonds is 6. The van der Waals surface area contributed by atoms with E-state index in [1.54, 1.807) is 17.5 Å². The average molecular weight is 291 g/mol. The highest BCUT2D eigenvalue weighted by molar-refractivity contribution is 7.07. The van der Waals surface area contributed by atoms with Crippen LogP contribution in [0.5, 0.6) is 5.75 Å². The number of benzene rings is 1. The van der Waals surface area contributed by atoms with Crippen molar-refractivity contribution >= 4 is 17.4 Å². The van der Waals surface area contributed by atoms with Crippen molar-refractivity contribution in [3.05, 3.63) is 46.9 Å². The monoisotopic (exact) mass is 291 g/mol. The Morgan fingerprint density at radius 3 is 2.90 bits per heavy atom. The van der Waals surface area contributed by atoms with Gasteiger partial charge in [-0.1, -0.05) is 18.2 Å². The number of aromatic nitrogens is 1. The lowest BCUT2D eigenvalue weighted by atomic mass is 10.3. The maximum atomic E-state index is 11.8. The fourth-order valence-corrected chi connectivity index (χ4v) is 2.10. The molecule has 2 aromatic rings. The van der Waals surface area contributed by atoms with Crippen LogP contribution in [0.3, 0.4) is 0 Å². The van der Waals surface area contributed by atoms with Crippen molar-refractivity contribution in [2.75, 3.05) is 20.2 Å². The van der Waals surface area contributed by atoms with Gasteiger partial charge < -0.3 is 15.0 Å². The van der Waals surface area contributed by atoms with Crippen molar-refractivity contribution in [3.8, 4) is 5.75 Å². The fraction of sp³-hybridized carbons (Fsp3) is 0.286. The molecule has 0 fully saturated rings. The Balaban J connectivity index is 1.66. The molecule has 0 spiro atoms. The van der Waals surface area contributed by atoms with Crippen molar-refractivity contribution in [2.24, 2.45) is 0 Å². The summed E-state index contributed by atoms with van der Waals surface area (Å²) in [6.07, 6.45) is 0. The maximum Gasteiger partial charge on any atom is 0.317 e. The zero-order valence-corrected chi connectivity index (χ0v) is 12.1. The summed E-state index contributed by atoms with van der Waals surface area (Å²) >= 11 is 1.52. The number of nitrogens with zero attached hydrogens (tertiary/aromatic N) is 2. The topological polar surface area (TPSA) is 54.5 Å². The van der Waals surface area contributed by atoms with Gasteiger partial charge in [-0.15, -0.1) is 11.3 Å². The van der Waals surface area contributed by atoms with E-state index in [0.29, 0.717) is 19.7 Å². The van der Waals surface area contributed by atoms with Crippen molar-refractivity contribution < 1.29 is 9.53 Å². The predicted octanol–water partition coefficient (Wildman–Crippen LogP) is 2.36. The van der Waals surface area contributed by atoms with Crippen LogP contribution in [-0.2, 0) is 6.54 Å². The van der Waals surface area contributed by atoms with Gasteiger partial charge in [0.2, 0.25) is 0 Å². The molecule has 0 aliphatic carbocycles. The van der Waals surface area contributed by atoms with E-state index in [4.69, 9.17) is 4.74 Å². The molecule has 0 radical (unpaired) electrons. The summed E-state index contributed by atoms with van der Waals surface area (Å²) in [5, 5.41) is 4.72. The lowest BCUT2D eigenvalue weighted by molar-refractivity contribution is 0.195. The highest BCUT2D eigenvalue weighted by Crippen LogP contribution is 2.07. The van der Waals surface area contributed by atoms with Gasteiger partial charge >= 0.3 is 6.03 Å². The molecule has 1 aromatic heterocycles. The third-order valence-corrected chi connectivity index (χ3v) is 3.32. The molecule has 2 amide bonds. The number of ether oxygens (including phenoxy) is 1. The molecule has 5 nitrogen and oxygen atoms in total. The Kier molecular flexibility index (Phi) is 5.37. The zero-order chi connectivity index (χ0) is 14.2. The predicted molar refractivity (Wildman–Crippen MR) is 78.9 cm³/mol. The summed E-state index contributed by atoms with van der Waals surface area (Å²) < 4.78 is 5.54. The van der Waals surface area contributed by atoms with E-state index in [2.05, 4.69) is 10.3 Å². The lowest BCUT2D eigenvalue weighted by Crippen LogP contribution is -2.39. The average Bonchev–Trinajstić information content (AvgIpc) is 2.99. The molecule has 106 valence electrons. The molecule has 2 rings (SSSR count). The van der Waals surface area contributed by atoms with Crippen LogP contribution >= 0.6 is 11.3 Å². The molecule has 1 aromatic carbocycles. The Bertz CT molecular complexity index is 516. The second kappa shape index (κ2) is 7.49. The smallest absolute Gasteiger partial charge is 0.317 e. The van der Waals surface area contributed by atoms with Crippen LogP contribution in [0.25, 0.3) is 0 Å². The minimum absolute atomic E-state index is 0.130. The Morgan fingerprint density at radius 2 is 2.20 bits per heavy atom. The first kappa shape index (κ1) is 14.3. The number of carbonyl (C=O) groups is 1. The number of hydrogen-bond donors (Lipinski definition) is 1. The molecule has 0 saturated heterocycles. The van der Waals surface area contributed by atoms with Gasteiger partial charge in [0.15, 0.2) is 0 Å². The van der Waals surface area contributed by atoms with Gasteiger partial charge in [0, 0.05) is 12.4 Å². The van der Waals surface area contributed by atoms with Crippen molar-refractivity contribution in [3.63, 3.8) is 0 Å². The van der Waals surface area contributed by atoms with E-state index in [0.717, 1.165) is 11.4 Å². The van der Waals surface area contributed by atoms with E-state index in [1.807, 2.05) is 35.7 Å². The lowest BCUT2D eigenvalue weighted by Gasteiger charge is -2.17. The molecule has 0 aliphatic rings. The number of hydrogen-bond acceptors (Lipinski definition) is 4. The van der Waals surface area contributed by atoms with Crippen LogP contribution in [0.2, 0.25) is 0 Å². The largest absolute Gasteiger partial charge is 0.492 e. The van der Waals surface area contributed by atoms with Crippen LogP contribution in [-0.4, -0.2) is 36.1 Å². The molecule has 0 atom stereocenters. The minimum atomic E-state index is -0.130. The SMILES string of the molecule is CN(CCOc1ccccc1)C(=O)NCc1cscn1. The molecular weight excluding hydrogens is 274 g/mol. The number of nitrogens with one attached hydrogen (secondary N) is 1. The number of carbonyl (C=O) groups excluding carboxylic acids is 1. The molecule has 0 unspecified atom stereocenters. The van der Waals surface area contributed by atoms with E-state index in [1.165, 1.54) is 11.3 Å². The normalized spacial score (nSPS) is 10.1. The number of para-hydroxylation sites is 1. The standard InChI is InChI=1S/C14H17N3O2S/c1-17(7-8-19-13-5-3-2-4-6-13)14(18)15-9-12-10-20-11-16-12/h2-6,10-11H,7-9H2,1H3,(H,15,18). The molecule has 0 saturated carbocycles. The van der Waals surface area contributed by atoms with Gasteiger partial charge in [-0.05, 0) is 12.1 Å². The summed E-state index contributed by atoms with van der Waals surface area (Å²) in [6, 6.07) is 9.42. The van der Waals surface area contributed by atoms with Crippen LogP contribution in [0.15, 0.2) is 41.2 Å². The first-order valence-corrected chi connectivity index (χ1v) is 7.24. The highest BCUT2D eigenvalue weighted by Gasteiger charge is 2.08. The number of amides is 2. The van der Waals surface area contributed by atoms with Crippen molar-refractivity contribution in [1.82, 2.24) is 15.2 Å². The first-order chi connectivity index (χ1) is 9.75. The molecule has 1 heterocycles. The first-order valence-electron chi connectivity index (χ1n) is 6.29. The molecular formula is C14H17N3O2S. The van der Waals surface area contributed by atoms with Gasteiger partial charge in [0.05, 0.1) is 24.3 Å². The Labute approximate surface area is 122 Å². The van der Waals surface area contributed by atoms with Gasteiger partial charge in [-0.3, -0.25) is 0 Å². The van der Waals surface area contributed by atoms with E-state index >= 15 is 0 Å². The van der Waals surface area contributed by atoms with E-state index in [9.17, 15) is 4.79 Å². The third kappa shape index (κ3) is 4.55. The van der Waals surface area contributed by atoms with Gasteiger partial charge in [-0.2, -0.15) is 0 Å².